The van der Waals surface area contributed by atoms with Gasteiger partial charge in [0.25, 0.3) is 5.91 Å². The fraction of sp³-hybridized carbons (Fsp3) is 0.429. The van der Waals surface area contributed by atoms with E-state index >= 15 is 0 Å². The number of primary amides is 1. The lowest BCUT2D eigenvalue weighted by Gasteiger charge is -2.25. The maximum Gasteiger partial charge on any atom is 0.306 e. The molecule has 1 aliphatic heterocycles. The van der Waals surface area contributed by atoms with Crippen LogP contribution < -0.4 is 5.73 Å². The van der Waals surface area contributed by atoms with Crippen LogP contribution in [-0.4, -0.2) is 43.9 Å². The number of aromatic nitrogens is 2. The van der Waals surface area contributed by atoms with E-state index in [1.165, 1.54) is 4.90 Å². The highest BCUT2D eigenvalue weighted by molar-refractivity contribution is 9.10. The lowest BCUT2D eigenvalue weighted by atomic mass is 10.1. The Kier molecular flexibility index (Phi) is 6.03. The lowest BCUT2D eigenvalue weighted by molar-refractivity contribution is -0.155. The molecule has 0 saturated carbocycles. The van der Waals surface area contributed by atoms with Crippen molar-refractivity contribution in [3.63, 3.8) is 0 Å². The normalized spacial score (nSPS) is 14.6. The fourth-order valence-electron chi connectivity index (χ4n) is 3.49. The van der Waals surface area contributed by atoms with Gasteiger partial charge in [0.15, 0.2) is 0 Å². The first-order valence-electron chi connectivity index (χ1n) is 9.60. The van der Waals surface area contributed by atoms with E-state index in [1.807, 2.05) is 23.7 Å². The maximum atomic E-state index is 12.9. The zero-order valence-electron chi connectivity index (χ0n) is 17.4. The SMILES string of the molecule is Cn1c(Br)cnc1-c1ccc2c(c1)CN(C(CCC(=O)OC(C)(C)C)C(N)=O)C2=O. The monoisotopic (exact) mass is 476 g/mol. The van der Waals surface area contributed by atoms with Gasteiger partial charge in [0.2, 0.25) is 5.91 Å². The number of rotatable bonds is 6. The Morgan fingerprint density at radius 2 is 2.03 bits per heavy atom. The Morgan fingerprint density at radius 3 is 2.60 bits per heavy atom. The zero-order chi connectivity index (χ0) is 22.2. The number of halogens is 1. The van der Waals surface area contributed by atoms with E-state index in [9.17, 15) is 14.4 Å². The number of benzene rings is 1. The van der Waals surface area contributed by atoms with E-state index < -0.39 is 23.5 Å². The van der Waals surface area contributed by atoms with Crippen molar-refractivity contribution in [3.8, 4) is 11.4 Å². The second-order valence-electron chi connectivity index (χ2n) is 8.31. The standard InChI is InChI=1S/C21H25BrN4O4/c1-21(2,3)30-17(27)8-7-15(18(23)28)26-11-13-9-12(5-6-14(13)20(26)29)19-24-10-16(22)25(19)4/h5-6,9-10,15H,7-8,11H2,1-4H3,(H2,23,28). The van der Waals surface area contributed by atoms with Gasteiger partial charge in [-0.1, -0.05) is 6.07 Å². The summed E-state index contributed by atoms with van der Waals surface area (Å²) in [6.45, 7) is 5.56. The van der Waals surface area contributed by atoms with Crippen LogP contribution in [0.15, 0.2) is 29.0 Å². The molecule has 2 heterocycles. The second-order valence-corrected chi connectivity index (χ2v) is 9.12. The molecule has 3 rings (SSSR count). The van der Waals surface area contributed by atoms with Gasteiger partial charge >= 0.3 is 5.97 Å². The van der Waals surface area contributed by atoms with Crippen molar-refractivity contribution in [3.05, 3.63) is 40.1 Å². The molecule has 2 amide bonds. The number of hydrogen-bond acceptors (Lipinski definition) is 5. The number of nitrogens with zero attached hydrogens (tertiary/aromatic N) is 3. The van der Waals surface area contributed by atoms with Crippen LogP contribution in [0.4, 0.5) is 0 Å². The minimum Gasteiger partial charge on any atom is -0.460 e. The number of ether oxygens (including phenoxy) is 1. The van der Waals surface area contributed by atoms with Crippen LogP contribution >= 0.6 is 15.9 Å². The van der Waals surface area contributed by atoms with Crippen molar-refractivity contribution in [2.45, 2.75) is 51.8 Å². The van der Waals surface area contributed by atoms with Crippen molar-refractivity contribution in [1.29, 1.82) is 0 Å². The Bertz CT molecular complexity index is 1010. The minimum atomic E-state index is -0.886. The highest BCUT2D eigenvalue weighted by Gasteiger charge is 2.36. The molecule has 2 aromatic rings. The van der Waals surface area contributed by atoms with Gasteiger partial charge in [0, 0.05) is 31.1 Å². The van der Waals surface area contributed by atoms with Crippen molar-refractivity contribution < 1.29 is 19.1 Å². The molecular weight excluding hydrogens is 452 g/mol. The van der Waals surface area contributed by atoms with Gasteiger partial charge in [0.1, 0.15) is 22.1 Å². The van der Waals surface area contributed by atoms with Gasteiger partial charge in [-0.3, -0.25) is 14.4 Å². The zero-order valence-corrected chi connectivity index (χ0v) is 19.0. The summed E-state index contributed by atoms with van der Waals surface area (Å²) in [5.41, 5.74) is 7.13. The molecule has 2 N–H and O–H groups in total. The van der Waals surface area contributed by atoms with Crippen LogP contribution in [0.25, 0.3) is 11.4 Å². The molecular formula is C21H25BrN4O4. The van der Waals surface area contributed by atoms with E-state index in [0.29, 0.717) is 5.56 Å². The van der Waals surface area contributed by atoms with Gasteiger partial charge < -0.3 is 19.9 Å². The predicted molar refractivity (Wildman–Crippen MR) is 114 cm³/mol. The minimum absolute atomic E-state index is 0.00243. The number of carbonyl (C=O) groups is 3. The third-order valence-corrected chi connectivity index (χ3v) is 5.61. The first kappa shape index (κ1) is 22.0. The number of hydrogen-bond donors (Lipinski definition) is 1. The Hall–Kier alpha value is -2.68. The van der Waals surface area contributed by atoms with E-state index in [4.69, 9.17) is 10.5 Å². The summed E-state index contributed by atoms with van der Waals surface area (Å²) in [6, 6.07) is 4.58. The molecule has 1 unspecified atom stereocenters. The molecule has 0 saturated heterocycles. The molecule has 160 valence electrons. The molecule has 0 bridgehead atoms. The van der Waals surface area contributed by atoms with Crippen molar-refractivity contribution in [1.82, 2.24) is 14.5 Å². The highest BCUT2D eigenvalue weighted by Crippen LogP contribution is 2.31. The molecule has 1 aromatic carbocycles. The number of fused-ring (bicyclic) bond motifs is 1. The summed E-state index contributed by atoms with van der Waals surface area (Å²) in [7, 11) is 1.89. The van der Waals surface area contributed by atoms with Gasteiger partial charge in [0.05, 0.1) is 6.20 Å². The lowest BCUT2D eigenvalue weighted by Crippen LogP contribution is -2.45. The maximum absolute atomic E-state index is 12.9. The fourth-order valence-corrected chi connectivity index (χ4v) is 3.76. The Balaban J connectivity index is 1.78. The third-order valence-electron chi connectivity index (χ3n) is 4.87. The number of esters is 1. The molecule has 0 spiro atoms. The number of imidazole rings is 1. The van der Waals surface area contributed by atoms with Crippen LogP contribution in [0.3, 0.4) is 0 Å². The quantitative estimate of drug-likeness (QED) is 0.644. The second kappa shape index (κ2) is 8.22. The number of amides is 2. The Labute approximate surface area is 183 Å². The van der Waals surface area contributed by atoms with Gasteiger partial charge in [-0.15, -0.1) is 0 Å². The summed E-state index contributed by atoms with van der Waals surface area (Å²) >= 11 is 3.43. The summed E-state index contributed by atoms with van der Waals surface area (Å²) < 4.78 is 8.02. The smallest absolute Gasteiger partial charge is 0.306 e. The summed E-state index contributed by atoms with van der Waals surface area (Å²) in [6.07, 6.45) is 1.82. The summed E-state index contributed by atoms with van der Waals surface area (Å²) in [5.74, 6) is -0.592. The first-order valence-corrected chi connectivity index (χ1v) is 10.4. The predicted octanol–water partition coefficient (Wildman–Crippen LogP) is 2.78. The number of carbonyl (C=O) groups excluding carboxylic acids is 3. The van der Waals surface area contributed by atoms with Crippen molar-refractivity contribution in [2.24, 2.45) is 12.8 Å². The first-order chi connectivity index (χ1) is 14.0. The molecule has 1 aliphatic rings. The molecule has 1 aromatic heterocycles. The molecule has 1 atom stereocenters. The van der Waals surface area contributed by atoms with Crippen LogP contribution in [0.2, 0.25) is 0 Å². The van der Waals surface area contributed by atoms with Crippen LogP contribution in [0.1, 0.15) is 49.5 Å². The largest absolute Gasteiger partial charge is 0.460 e. The van der Waals surface area contributed by atoms with E-state index in [0.717, 1.165) is 21.6 Å². The average molecular weight is 477 g/mol. The third kappa shape index (κ3) is 4.56. The topological polar surface area (TPSA) is 108 Å². The number of nitrogens with two attached hydrogens (primary N) is 1. The van der Waals surface area contributed by atoms with Crippen molar-refractivity contribution in [2.75, 3.05) is 0 Å². The van der Waals surface area contributed by atoms with E-state index in [-0.39, 0.29) is 25.3 Å². The molecule has 0 aliphatic carbocycles. The molecule has 30 heavy (non-hydrogen) atoms. The molecule has 8 nitrogen and oxygen atoms in total. The van der Waals surface area contributed by atoms with E-state index in [1.54, 1.807) is 33.0 Å². The van der Waals surface area contributed by atoms with Crippen LogP contribution in [-0.2, 0) is 27.9 Å². The van der Waals surface area contributed by atoms with Crippen LogP contribution in [0, 0.1) is 0 Å². The average Bonchev–Trinajstić information content (AvgIpc) is 3.13. The summed E-state index contributed by atoms with van der Waals surface area (Å²) in [5, 5.41) is 0. The van der Waals surface area contributed by atoms with Gasteiger partial charge in [-0.25, -0.2) is 4.98 Å². The summed E-state index contributed by atoms with van der Waals surface area (Å²) in [4.78, 5) is 42.8. The highest BCUT2D eigenvalue weighted by atomic mass is 79.9. The van der Waals surface area contributed by atoms with Crippen molar-refractivity contribution >= 4 is 33.7 Å². The van der Waals surface area contributed by atoms with Gasteiger partial charge in [-0.2, -0.15) is 0 Å². The van der Waals surface area contributed by atoms with Gasteiger partial charge in [-0.05, 0) is 60.8 Å². The van der Waals surface area contributed by atoms with Crippen LogP contribution in [0.5, 0.6) is 0 Å². The van der Waals surface area contributed by atoms with E-state index in [2.05, 4.69) is 20.9 Å². The molecule has 9 heteroatoms. The molecule has 0 fully saturated rings. The Morgan fingerprint density at radius 1 is 1.33 bits per heavy atom. The molecule has 0 radical (unpaired) electrons.